The fraction of sp³-hybridized carbons (Fsp3) is 0.0741. The molecule has 0 aliphatic rings. The van der Waals surface area contributed by atoms with Crippen molar-refractivity contribution in [3.05, 3.63) is 121 Å². The van der Waals surface area contributed by atoms with E-state index in [0.29, 0.717) is 5.56 Å². The summed E-state index contributed by atoms with van der Waals surface area (Å²) in [6.07, 6.45) is 0.899. The first-order chi connectivity index (χ1) is 14.6. The van der Waals surface area contributed by atoms with E-state index in [0.717, 1.165) is 6.16 Å². The van der Waals surface area contributed by atoms with Gasteiger partial charge in [0.25, 0.3) is 0 Å². The van der Waals surface area contributed by atoms with Gasteiger partial charge in [-0.2, -0.15) is 0 Å². The third kappa shape index (κ3) is 2.80. The Balaban J connectivity index is 2.22. The predicted octanol–water partition coefficient (Wildman–Crippen LogP) is 4.56. The summed E-state index contributed by atoms with van der Waals surface area (Å²) in [5, 5.41) is 14.5. The molecule has 0 saturated carbocycles. The van der Waals surface area contributed by atoms with Crippen LogP contribution in [0.5, 0.6) is 0 Å². The first-order valence-electron chi connectivity index (χ1n) is 10.1. The Kier molecular flexibility index (Phi) is 5.28. The zero-order chi connectivity index (χ0) is 21.1. The van der Waals surface area contributed by atoms with Crippen LogP contribution in [0.15, 0.2) is 115 Å². The molecule has 2 nitrogen and oxygen atoms in total. The summed E-state index contributed by atoms with van der Waals surface area (Å²) >= 11 is 0. The van der Waals surface area contributed by atoms with Crippen molar-refractivity contribution in [3.8, 4) is 0 Å². The predicted molar refractivity (Wildman–Crippen MR) is 129 cm³/mol. The average molecular weight is 412 g/mol. The van der Waals surface area contributed by atoms with E-state index in [2.05, 4.69) is 79.7 Å². The van der Waals surface area contributed by atoms with Crippen molar-refractivity contribution in [2.24, 2.45) is 0 Å². The first-order valence-corrected chi connectivity index (χ1v) is 12.6. The molecule has 4 aromatic rings. The SMILES string of the molecule is CCP(c1ccccc1)(c1ccccc1)(c1ccccc1)c1ccc(C(=O)O)cc1. The van der Waals surface area contributed by atoms with Gasteiger partial charge in [0.05, 0.1) is 0 Å². The van der Waals surface area contributed by atoms with E-state index in [1.54, 1.807) is 12.1 Å². The Morgan fingerprint density at radius 2 is 0.933 bits per heavy atom. The normalized spacial score (nSPS) is 12.6. The van der Waals surface area contributed by atoms with Crippen LogP contribution < -0.4 is 21.2 Å². The number of hydrogen-bond acceptors (Lipinski definition) is 1. The summed E-state index contributed by atoms with van der Waals surface area (Å²) in [6.45, 7) is -0.836. The summed E-state index contributed by atoms with van der Waals surface area (Å²) < 4.78 is 0. The van der Waals surface area contributed by atoms with Crippen LogP contribution >= 0.6 is 6.60 Å². The van der Waals surface area contributed by atoms with Gasteiger partial charge >= 0.3 is 178 Å². The number of carboxylic acids is 1. The average Bonchev–Trinajstić information content (AvgIpc) is 2.83. The number of benzene rings is 4. The van der Waals surface area contributed by atoms with Gasteiger partial charge in [0, 0.05) is 0 Å². The van der Waals surface area contributed by atoms with Crippen LogP contribution in [0.4, 0.5) is 0 Å². The van der Waals surface area contributed by atoms with Gasteiger partial charge in [-0.25, -0.2) is 0 Å². The molecule has 0 aliphatic heterocycles. The van der Waals surface area contributed by atoms with Crippen molar-refractivity contribution >= 4 is 33.8 Å². The summed E-state index contributed by atoms with van der Waals surface area (Å²) in [4.78, 5) is 11.5. The Morgan fingerprint density at radius 3 is 1.23 bits per heavy atom. The number of carbonyl (C=O) groups is 1. The topological polar surface area (TPSA) is 37.3 Å². The molecule has 0 aromatic heterocycles. The van der Waals surface area contributed by atoms with Gasteiger partial charge in [0.2, 0.25) is 0 Å². The zero-order valence-corrected chi connectivity index (χ0v) is 17.9. The van der Waals surface area contributed by atoms with Crippen LogP contribution in [0.2, 0.25) is 0 Å². The van der Waals surface area contributed by atoms with Gasteiger partial charge in [-0.3, -0.25) is 0 Å². The minimum atomic E-state index is -3.10. The molecule has 30 heavy (non-hydrogen) atoms. The molecule has 0 spiro atoms. The van der Waals surface area contributed by atoms with E-state index in [4.69, 9.17) is 0 Å². The molecule has 0 amide bonds. The fourth-order valence-electron chi connectivity index (χ4n) is 4.83. The molecular weight excluding hydrogens is 387 g/mol. The molecule has 1 N–H and O–H groups in total. The second kappa shape index (κ2) is 7.89. The third-order valence-electron chi connectivity index (χ3n) is 6.29. The molecule has 4 aromatic carbocycles. The molecule has 0 atom stereocenters. The third-order valence-corrected chi connectivity index (χ3v) is 13.3. The van der Waals surface area contributed by atoms with Crippen molar-refractivity contribution in [2.45, 2.75) is 6.92 Å². The van der Waals surface area contributed by atoms with Gasteiger partial charge in [0.15, 0.2) is 0 Å². The number of carboxylic acid groups (broad SMARTS) is 1. The molecule has 150 valence electrons. The molecule has 3 heteroatoms. The fourth-order valence-corrected chi connectivity index (χ4v) is 11.4. The monoisotopic (exact) mass is 412 g/mol. The van der Waals surface area contributed by atoms with Gasteiger partial charge in [-0.05, 0) is 0 Å². The molecule has 4 rings (SSSR count). The van der Waals surface area contributed by atoms with Crippen LogP contribution in [-0.4, -0.2) is 17.2 Å². The van der Waals surface area contributed by atoms with Crippen LogP contribution in [0.3, 0.4) is 0 Å². The number of aromatic carboxylic acids is 1. The van der Waals surface area contributed by atoms with Crippen LogP contribution in [0.25, 0.3) is 0 Å². The van der Waals surface area contributed by atoms with E-state index in [9.17, 15) is 9.90 Å². The summed E-state index contributed by atoms with van der Waals surface area (Å²) in [5.74, 6) is -0.905. The molecule has 0 bridgehead atoms. The standard InChI is InChI=1S/C27H25O2P/c1-2-30(23-12-6-3-7-13-23,24-14-8-4-9-15-24,25-16-10-5-11-17-25)26-20-18-22(19-21-26)27(28)29/h3-21H,2H2,1H3,(H,28,29). The molecule has 0 unspecified atom stereocenters. The van der Waals surface area contributed by atoms with E-state index < -0.39 is 12.6 Å². The van der Waals surface area contributed by atoms with E-state index in [1.165, 1.54) is 21.2 Å². The van der Waals surface area contributed by atoms with Gasteiger partial charge in [-0.1, -0.05) is 0 Å². The summed E-state index contributed by atoms with van der Waals surface area (Å²) in [7, 11) is 0. The molecular formula is C27H25O2P. The molecule has 0 aliphatic carbocycles. The Hall–Kier alpha value is -3.22. The van der Waals surface area contributed by atoms with Gasteiger partial charge < -0.3 is 0 Å². The molecule has 0 fully saturated rings. The maximum atomic E-state index is 11.5. The second-order valence-corrected chi connectivity index (χ2v) is 12.8. The van der Waals surface area contributed by atoms with Crippen LogP contribution in [0.1, 0.15) is 17.3 Å². The van der Waals surface area contributed by atoms with E-state index >= 15 is 0 Å². The Labute approximate surface area is 177 Å². The van der Waals surface area contributed by atoms with E-state index in [1.807, 2.05) is 30.3 Å². The Bertz CT molecular complexity index is 1040. The quantitative estimate of drug-likeness (QED) is 0.472. The molecule has 0 radical (unpaired) electrons. The first kappa shape index (κ1) is 20.1. The van der Waals surface area contributed by atoms with Crippen molar-refractivity contribution in [1.29, 1.82) is 0 Å². The van der Waals surface area contributed by atoms with Crippen molar-refractivity contribution in [1.82, 2.24) is 0 Å². The second-order valence-electron chi connectivity index (χ2n) is 7.48. The zero-order valence-electron chi connectivity index (χ0n) is 17.0. The number of rotatable bonds is 6. The van der Waals surface area contributed by atoms with Gasteiger partial charge in [-0.15, -0.1) is 0 Å². The summed E-state index contributed by atoms with van der Waals surface area (Å²) in [6, 6.07) is 39.7. The van der Waals surface area contributed by atoms with Crippen LogP contribution in [-0.2, 0) is 0 Å². The Morgan fingerprint density at radius 1 is 0.600 bits per heavy atom. The van der Waals surface area contributed by atoms with Crippen LogP contribution in [0, 0.1) is 0 Å². The van der Waals surface area contributed by atoms with Gasteiger partial charge in [0.1, 0.15) is 0 Å². The maximum absolute atomic E-state index is 11.5. The van der Waals surface area contributed by atoms with Crippen molar-refractivity contribution < 1.29 is 9.90 Å². The molecule has 0 heterocycles. The van der Waals surface area contributed by atoms with Crippen molar-refractivity contribution in [3.63, 3.8) is 0 Å². The molecule has 0 saturated heterocycles. The van der Waals surface area contributed by atoms with E-state index in [-0.39, 0.29) is 0 Å². The minimum absolute atomic E-state index is 0.306. The number of hydrogen-bond donors (Lipinski definition) is 1. The van der Waals surface area contributed by atoms with Crippen molar-refractivity contribution in [2.75, 3.05) is 6.16 Å². The summed E-state index contributed by atoms with van der Waals surface area (Å²) in [5.41, 5.74) is 0.306.